The minimum atomic E-state index is -1.08. The number of hydrogen-bond acceptors (Lipinski definition) is 24. The zero-order valence-electron chi connectivity index (χ0n) is 50.5. The molecule has 8 aromatic rings. The fraction of sp³-hybridized carbons (Fsp3) is 0.383. The number of fused-ring (bicyclic) bond motifs is 14. The van der Waals surface area contributed by atoms with Crippen LogP contribution in [0.4, 0.5) is 10.6 Å². The number of ketones is 1. The van der Waals surface area contributed by atoms with Crippen molar-refractivity contribution in [2.24, 2.45) is 5.92 Å². The van der Waals surface area contributed by atoms with Crippen LogP contribution in [-0.4, -0.2) is 115 Å². The van der Waals surface area contributed by atoms with Crippen LogP contribution in [0.5, 0.6) is 0 Å². The number of Topliss-reactive ketones (excluding diaryl/α,β-unsaturated/α-hetero) is 1. The first-order valence-electron chi connectivity index (χ1n) is 28.5. The Balaban J connectivity index is 1.09. The SMILES string of the molecule is CNC(=O)C[C@@H]1NC(=O)c2csc(n2)-c2ccc(-c3nc(NC(=O)CCCCNC(=O)OC(C)(C)C)cs3)nc2-c2csc(n2)-c2csc(n2)[C@H]([C@@H](OC(C)=O)c2ccccc2)NC(=O)CNC(=O)c2nc(sc2COC)[C@@H](C(C)C)CC(=O)c2nc1sc2C. The van der Waals surface area contributed by atoms with Crippen molar-refractivity contribution in [1.29, 1.82) is 0 Å². The second-order valence-electron chi connectivity index (χ2n) is 22.0. The zero-order chi connectivity index (χ0) is 64.4. The molecule has 7 aromatic heterocycles. The van der Waals surface area contributed by atoms with Crippen LogP contribution in [0.2, 0.25) is 0 Å². The average Bonchev–Trinajstić information content (AvgIpc) is 1.61. The van der Waals surface area contributed by atoms with E-state index in [2.05, 4.69) is 31.9 Å². The molecule has 0 saturated carbocycles. The van der Waals surface area contributed by atoms with Crippen LogP contribution in [0, 0.1) is 12.8 Å². The van der Waals surface area contributed by atoms with Crippen molar-refractivity contribution in [3.63, 3.8) is 0 Å². The normalized spacial score (nSPS) is 16.1. The lowest BCUT2D eigenvalue weighted by atomic mass is 9.90. The number of pyridine rings is 1. The largest absolute Gasteiger partial charge is 0.455 e. The third-order valence-corrected chi connectivity index (χ3v) is 19.4. The summed E-state index contributed by atoms with van der Waals surface area (Å²) < 4.78 is 16.7. The highest BCUT2D eigenvalue weighted by Crippen LogP contribution is 2.41. The second-order valence-corrected chi connectivity index (χ2v) is 27.8. The number of rotatable bonds is 15. The predicted octanol–water partition coefficient (Wildman–Crippen LogP) is 10.4. The summed E-state index contributed by atoms with van der Waals surface area (Å²) in [5, 5.41) is 26.1. The quantitative estimate of drug-likeness (QED) is 0.0410. The first-order valence-corrected chi connectivity index (χ1v) is 33.6. The van der Waals surface area contributed by atoms with E-state index >= 15 is 0 Å². The number of aromatic nitrogens is 7. The molecule has 0 unspecified atom stereocenters. The number of methoxy groups -OCH3 is 1. The number of thiazole rings is 6. The molecule has 6 N–H and O–H groups in total. The van der Waals surface area contributed by atoms with Gasteiger partial charge in [0.2, 0.25) is 17.7 Å². The van der Waals surface area contributed by atoms with Crippen LogP contribution < -0.4 is 31.9 Å². The predicted molar refractivity (Wildman–Crippen MR) is 345 cm³/mol. The molecule has 1 aliphatic rings. The van der Waals surface area contributed by atoms with Gasteiger partial charge in [0.05, 0.1) is 41.2 Å². The van der Waals surface area contributed by atoms with E-state index in [0.29, 0.717) is 98.9 Å². The number of benzene rings is 1. The molecule has 9 rings (SSSR count). The van der Waals surface area contributed by atoms with Crippen LogP contribution >= 0.6 is 68.0 Å². The molecule has 6 amide bonds. The van der Waals surface area contributed by atoms with Crippen molar-refractivity contribution in [3.8, 4) is 43.4 Å². The molecule has 1 aliphatic heterocycles. The standard InChI is InChI=1S/C60H65N13O11S6/c1-29(2)34-21-40(75)46-30(3)89-57(72-46)36(22-44(77)61-8)65-51(79)38-26-85-53(67-38)33-18-19-35(55-70-42(28-88-55)69-43(76)17-13-14-20-62-59(81)84-60(5,6)7)64-47(33)37-25-86-56(66-37)39-27-87-58(68-39)49(50(83-31(4)74)32-15-11-10-12-16-32)71-45(78)23-63-52(80)48-41(24-82-9)90-54(34)73-48/h10-12,15-16,18-19,25-29,34,36,49-50H,13-14,17,20-24H2,1-9H3,(H,61,77)(H,62,81)(H,63,80)(H,65,79)(H,69,76)(H,71,78)/t34-,36+,49+,50+/m1/s1. The number of esters is 1. The Bertz CT molecular complexity index is 3940. The molecule has 8 heterocycles. The number of unbranched alkanes of at least 4 members (excludes halogenated alkanes) is 1. The highest BCUT2D eigenvalue weighted by atomic mass is 32.1. The van der Waals surface area contributed by atoms with Gasteiger partial charge >= 0.3 is 12.1 Å². The minimum absolute atomic E-state index is 0.0130. The van der Waals surface area contributed by atoms with Crippen molar-refractivity contribution in [2.75, 3.05) is 32.6 Å². The Morgan fingerprint density at radius 1 is 0.722 bits per heavy atom. The van der Waals surface area contributed by atoms with Crippen molar-refractivity contribution < 1.29 is 52.6 Å². The van der Waals surface area contributed by atoms with E-state index < -0.39 is 66.0 Å². The molecule has 472 valence electrons. The van der Waals surface area contributed by atoms with E-state index in [0.717, 1.165) is 0 Å². The fourth-order valence-corrected chi connectivity index (χ4v) is 14.9. The average molecular weight is 1340 g/mol. The van der Waals surface area contributed by atoms with E-state index in [1.807, 2.05) is 13.8 Å². The number of alkyl carbamates (subject to hydrolysis) is 1. The Morgan fingerprint density at radius 3 is 2.17 bits per heavy atom. The molecular weight excluding hydrogens is 1270 g/mol. The molecule has 0 spiro atoms. The number of aryl methyl sites for hydroxylation is 1. The van der Waals surface area contributed by atoms with Gasteiger partial charge in [-0.1, -0.05) is 44.2 Å². The fourth-order valence-electron chi connectivity index (χ4n) is 9.32. The van der Waals surface area contributed by atoms with Crippen LogP contribution in [-0.2, 0) is 40.0 Å². The minimum Gasteiger partial charge on any atom is -0.455 e. The Labute approximate surface area is 541 Å². The summed E-state index contributed by atoms with van der Waals surface area (Å²) in [6.07, 6.45) is -0.631. The highest BCUT2D eigenvalue weighted by molar-refractivity contribution is 7.15. The Hall–Kier alpha value is -8.13. The van der Waals surface area contributed by atoms with E-state index in [4.69, 9.17) is 49.1 Å². The first kappa shape index (κ1) is 66.3. The highest BCUT2D eigenvalue weighted by Gasteiger charge is 2.35. The van der Waals surface area contributed by atoms with Gasteiger partial charge in [0.25, 0.3) is 11.8 Å². The van der Waals surface area contributed by atoms with Crippen molar-refractivity contribution in [3.05, 3.63) is 111 Å². The number of ether oxygens (including phenoxy) is 3. The number of nitrogens with one attached hydrogen (secondary N) is 6. The molecule has 30 heteroatoms. The Kier molecular flexibility index (Phi) is 21.9. The molecule has 0 saturated heterocycles. The van der Waals surface area contributed by atoms with Gasteiger partial charge in [-0.3, -0.25) is 33.6 Å². The number of carbonyl (C=O) groups excluding carboxylic acids is 8. The van der Waals surface area contributed by atoms with E-state index in [9.17, 15) is 38.4 Å². The summed E-state index contributed by atoms with van der Waals surface area (Å²) in [6, 6.07) is 10.4. The van der Waals surface area contributed by atoms with Crippen LogP contribution in [0.15, 0.2) is 64.0 Å². The summed E-state index contributed by atoms with van der Waals surface area (Å²) in [4.78, 5) is 143. The summed E-state index contributed by atoms with van der Waals surface area (Å²) in [5.74, 6) is -3.83. The van der Waals surface area contributed by atoms with E-state index in [-0.39, 0.29) is 66.5 Å². The van der Waals surface area contributed by atoms with Crippen LogP contribution in [0.1, 0.15) is 160 Å². The number of amides is 6. The lowest BCUT2D eigenvalue weighted by molar-refractivity contribution is -0.149. The zero-order valence-corrected chi connectivity index (χ0v) is 55.4. The first-order chi connectivity index (χ1) is 43.0. The monoisotopic (exact) mass is 1340 g/mol. The molecule has 10 bridgehead atoms. The number of nitrogens with zero attached hydrogens (tertiary/aromatic N) is 7. The number of carbonyl (C=O) groups is 8. The summed E-state index contributed by atoms with van der Waals surface area (Å²) in [5.41, 5.74) is 2.25. The van der Waals surface area contributed by atoms with Crippen molar-refractivity contribution in [2.45, 2.75) is 117 Å². The van der Waals surface area contributed by atoms with E-state index in [1.54, 1.807) is 91.7 Å². The summed E-state index contributed by atoms with van der Waals surface area (Å²) in [7, 11) is 2.96. The van der Waals surface area contributed by atoms with Gasteiger partial charge in [-0.2, -0.15) is 0 Å². The van der Waals surface area contributed by atoms with Crippen molar-refractivity contribution in [1.82, 2.24) is 61.5 Å². The second kappa shape index (κ2) is 29.7. The van der Waals surface area contributed by atoms with Gasteiger partial charge in [-0.25, -0.2) is 39.7 Å². The Morgan fingerprint density at radius 2 is 1.43 bits per heavy atom. The molecule has 0 fully saturated rings. The summed E-state index contributed by atoms with van der Waals surface area (Å²) in [6.45, 7) is 12.1. The van der Waals surface area contributed by atoms with E-state index in [1.165, 1.54) is 89.1 Å². The number of anilines is 1. The third kappa shape index (κ3) is 16.8. The van der Waals surface area contributed by atoms with Gasteiger partial charge in [0, 0.05) is 78.3 Å². The van der Waals surface area contributed by atoms with Gasteiger partial charge in [-0.15, -0.1) is 68.0 Å². The van der Waals surface area contributed by atoms with Gasteiger partial charge in [-0.05, 0) is 64.2 Å². The smallest absolute Gasteiger partial charge is 0.407 e. The molecule has 1 aromatic carbocycles. The third-order valence-electron chi connectivity index (χ3n) is 13.6. The van der Waals surface area contributed by atoms with Crippen LogP contribution in [0.25, 0.3) is 43.4 Å². The maximum absolute atomic E-state index is 14.4. The molecule has 24 nitrogen and oxygen atoms in total. The topological polar surface area (TPSA) is 327 Å². The molecule has 90 heavy (non-hydrogen) atoms. The van der Waals surface area contributed by atoms with Gasteiger partial charge < -0.3 is 46.1 Å². The molecule has 4 atom stereocenters. The maximum Gasteiger partial charge on any atom is 0.407 e. The van der Waals surface area contributed by atoms with Crippen molar-refractivity contribution >= 4 is 121 Å². The summed E-state index contributed by atoms with van der Waals surface area (Å²) >= 11 is 7.29. The maximum atomic E-state index is 14.4. The molecule has 0 radical (unpaired) electrons. The molecule has 0 aliphatic carbocycles. The van der Waals surface area contributed by atoms with Gasteiger partial charge in [0.1, 0.15) is 76.7 Å². The lowest BCUT2D eigenvalue weighted by Crippen LogP contribution is -2.41. The number of hydrogen-bond donors (Lipinski definition) is 6. The van der Waals surface area contributed by atoms with Crippen LogP contribution in [0.3, 0.4) is 0 Å². The lowest BCUT2D eigenvalue weighted by Gasteiger charge is -2.26. The molecular formula is C60H65N13O11S6. The van der Waals surface area contributed by atoms with Gasteiger partial charge in [0.15, 0.2) is 11.9 Å².